The van der Waals surface area contributed by atoms with Gasteiger partial charge in [-0.1, -0.05) is 0 Å². The number of hydrogen-bond acceptors (Lipinski definition) is 4. The van der Waals surface area contributed by atoms with Gasteiger partial charge < -0.3 is 14.9 Å². The molecule has 2 aliphatic rings. The summed E-state index contributed by atoms with van der Waals surface area (Å²) in [5.74, 6) is 1.10. The molecule has 5 nitrogen and oxygen atoms in total. The predicted octanol–water partition coefficient (Wildman–Crippen LogP) is 2.06. The Morgan fingerprint density at radius 1 is 1.33 bits per heavy atom. The second-order valence-corrected chi connectivity index (χ2v) is 7.68. The van der Waals surface area contributed by atoms with E-state index in [1.54, 1.807) is 26.1 Å². The summed E-state index contributed by atoms with van der Waals surface area (Å²) < 4.78 is 13.9. The number of halogens is 1. The summed E-state index contributed by atoms with van der Waals surface area (Å²) in [6.45, 7) is 6.36. The molecule has 6 heteroatoms. The third kappa shape index (κ3) is 3.86. The first-order chi connectivity index (χ1) is 11.3. The Kier molecular flexibility index (Phi) is 4.76. The van der Waals surface area contributed by atoms with Crippen LogP contribution in [0.1, 0.15) is 33.1 Å². The van der Waals surface area contributed by atoms with E-state index in [4.69, 9.17) is 0 Å². The van der Waals surface area contributed by atoms with E-state index in [1.165, 1.54) is 6.07 Å². The molecule has 2 fully saturated rings. The highest BCUT2D eigenvalue weighted by Gasteiger charge is 2.38. The zero-order chi connectivity index (χ0) is 17.3. The van der Waals surface area contributed by atoms with Gasteiger partial charge in [0.25, 0.3) is 0 Å². The third-order valence-corrected chi connectivity index (χ3v) is 5.09. The SMILES string of the molecule is CC(C)(O)CC(=O)N1C[C@H]2CCN(c3ncccc3F)CC[C@H]2C1. The lowest BCUT2D eigenvalue weighted by Crippen LogP contribution is -2.36. The molecular weight excluding hydrogens is 309 g/mol. The largest absolute Gasteiger partial charge is 0.390 e. The van der Waals surface area contributed by atoms with Gasteiger partial charge in [-0.25, -0.2) is 9.37 Å². The van der Waals surface area contributed by atoms with Gasteiger partial charge in [0.2, 0.25) is 5.91 Å². The molecule has 1 amide bonds. The van der Waals surface area contributed by atoms with Gasteiger partial charge in [0, 0.05) is 32.4 Å². The van der Waals surface area contributed by atoms with Crippen molar-refractivity contribution in [3.8, 4) is 0 Å². The highest BCUT2D eigenvalue weighted by Crippen LogP contribution is 2.33. The lowest BCUT2D eigenvalue weighted by atomic mass is 9.92. The number of carbonyl (C=O) groups excluding carboxylic acids is 1. The fourth-order valence-electron chi connectivity index (χ4n) is 3.86. The Morgan fingerprint density at radius 3 is 2.50 bits per heavy atom. The summed E-state index contributed by atoms with van der Waals surface area (Å²) in [4.78, 5) is 20.4. The molecule has 24 heavy (non-hydrogen) atoms. The number of hydrogen-bond donors (Lipinski definition) is 1. The van der Waals surface area contributed by atoms with Crippen LogP contribution in [0, 0.1) is 17.7 Å². The molecule has 1 aromatic rings. The Hall–Kier alpha value is -1.69. The molecule has 132 valence electrons. The number of pyridine rings is 1. The second-order valence-electron chi connectivity index (χ2n) is 7.68. The Morgan fingerprint density at radius 2 is 1.96 bits per heavy atom. The van der Waals surface area contributed by atoms with E-state index >= 15 is 0 Å². The molecule has 3 rings (SSSR count). The maximum Gasteiger partial charge on any atom is 0.225 e. The van der Waals surface area contributed by atoms with Gasteiger partial charge in [0.05, 0.1) is 12.0 Å². The molecule has 3 heterocycles. The summed E-state index contributed by atoms with van der Waals surface area (Å²) in [7, 11) is 0. The highest BCUT2D eigenvalue weighted by atomic mass is 19.1. The minimum Gasteiger partial charge on any atom is -0.390 e. The quantitative estimate of drug-likeness (QED) is 0.919. The van der Waals surface area contributed by atoms with Crippen molar-refractivity contribution in [1.82, 2.24) is 9.88 Å². The summed E-state index contributed by atoms with van der Waals surface area (Å²) in [5, 5.41) is 9.84. The normalized spacial score (nSPS) is 24.7. The molecule has 0 saturated carbocycles. The number of aromatic nitrogens is 1. The Bertz CT molecular complexity index is 586. The number of nitrogens with zero attached hydrogens (tertiary/aromatic N) is 3. The maximum atomic E-state index is 13.9. The van der Waals surface area contributed by atoms with Gasteiger partial charge >= 0.3 is 0 Å². The molecule has 0 spiro atoms. The van der Waals surface area contributed by atoms with Gasteiger partial charge in [-0.15, -0.1) is 0 Å². The first-order valence-electron chi connectivity index (χ1n) is 8.69. The maximum absolute atomic E-state index is 13.9. The molecular formula is C18H26FN3O2. The third-order valence-electron chi connectivity index (χ3n) is 5.09. The van der Waals surface area contributed by atoms with Gasteiger partial charge in [-0.05, 0) is 50.7 Å². The number of fused-ring (bicyclic) bond motifs is 1. The summed E-state index contributed by atoms with van der Waals surface area (Å²) in [5.41, 5.74) is -0.963. The molecule has 0 radical (unpaired) electrons. The molecule has 0 unspecified atom stereocenters. The van der Waals surface area contributed by atoms with Crippen molar-refractivity contribution in [3.05, 3.63) is 24.1 Å². The van der Waals surface area contributed by atoms with E-state index in [2.05, 4.69) is 4.98 Å². The first-order valence-corrected chi connectivity index (χ1v) is 8.69. The molecule has 1 N–H and O–H groups in total. The topological polar surface area (TPSA) is 56.7 Å². The first kappa shape index (κ1) is 17.1. The van der Waals surface area contributed by atoms with E-state index < -0.39 is 5.60 Å². The lowest BCUT2D eigenvalue weighted by molar-refractivity contribution is -0.134. The standard InChI is InChI=1S/C18H26FN3O2/c1-18(2,24)10-16(23)22-11-13-5-8-21(9-6-14(13)12-22)17-15(19)4-3-7-20-17/h3-4,7,13-14,24H,5-6,8-12H2,1-2H3/t13-,14+. The van der Waals surface area contributed by atoms with Crippen molar-refractivity contribution in [2.75, 3.05) is 31.1 Å². The van der Waals surface area contributed by atoms with Gasteiger partial charge in [-0.2, -0.15) is 0 Å². The molecule has 0 aromatic carbocycles. The van der Waals surface area contributed by atoms with E-state index in [9.17, 15) is 14.3 Å². The predicted molar refractivity (Wildman–Crippen MR) is 90.1 cm³/mol. The van der Waals surface area contributed by atoms with Crippen LogP contribution in [0.4, 0.5) is 10.2 Å². The van der Waals surface area contributed by atoms with Crippen LogP contribution in [-0.4, -0.2) is 52.7 Å². The Labute approximate surface area is 142 Å². The van der Waals surface area contributed by atoms with Crippen LogP contribution in [0.15, 0.2) is 18.3 Å². The van der Waals surface area contributed by atoms with E-state index in [0.29, 0.717) is 17.7 Å². The number of anilines is 1. The number of rotatable bonds is 3. The lowest BCUT2D eigenvalue weighted by Gasteiger charge is -2.24. The van der Waals surface area contributed by atoms with E-state index in [1.807, 2.05) is 9.80 Å². The van der Waals surface area contributed by atoms with Crippen LogP contribution < -0.4 is 4.90 Å². The number of aliphatic hydroxyl groups is 1. The fourth-order valence-corrected chi connectivity index (χ4v) is 3.86. The zero-order valence-corrected chi connectivity index (χ0v) is 14.4. The smallest absolute Gasteiger partial charge is 0.225 e. The van der Waals surface area contributed by atoms with Crippen molar-refractivity contribution in [2.45, 2.75) is 38.7 Å². The van der Waals surface area contributed by atoms with Crippen molar-refractivity contribution >= 4 is 11.7 Å². The highest BCUT2D eigenvalue weighted by molar-refractivity contribution is 5.77. The summed E-state index contributed by atoms with van der Waals surface area (Å²) in [6.07, 6.45) is 3.67. The Balaban J connectivity index is 1.60. The van der Waals surface area contributed by atoms with Crippen LogP contribution in [0.3, 0.4) is 0 Å². The van der Waals surface area contributed by atoms with Crippen LogP contribution >= 0.6 is 0 Å². The molecule has 2 saturated heterocycles. The van der Waals surface area contributed by atoms with E-state index in [0.717, 1.165) is 39.0 Å². The summed E-state index contributed by atoms with van der Waals surface area (Å²) >= 11 is 0. The van der Waals surface area contributed by atoms with Gasteiger partial charge in [0.15, 0.2) is 11.6 Å². The van der Waals surface area contributed by atoms with Crippen LogP contribution in [0.5, 0.6) is 0 Å². The fraction of sp³-hybridized carbons (Fsp3) is 0.667. The van der Waals surface area contributed by atoms with Crippen molar-refractivity contribution in [2.24, 2.45) is 11.8 Å². The van der Waals surface area contributed by atoms with Gasteiger partial charge in [0.1, 0.15) is 0 Å². The molecule has 2 atom stereocenters. The molecule has 2 aliphatic heterocycles. The van der Waals surface area contributed by atoms with E-state index in [-0.39, 0.29) is 18.1 Å². The zero-order valence-electron chi connectivity index (χ0n) is 14.4. The van der Waals surface area contributed by atoms with Crippen molar-refractivity contribution < 1.29 is 14.3 Å². The summed E-state index contributed by atoms with van der Waals surface area (Å²) in [6, 6.07) is 3.06. The number of amides is 1. The number of carbonyl (C=O) groups is 1. The van der Waals surface area contributed by atoms with Crippen LogP contribution in [-0.2, 0) is 4.79 Å². The minimum atomic E-state index is -0.963. The minimum absolute atomic E-state index is 0.0307. The molecule has 0 bridgehead atoms. The average Bonchev–Trinajstić information content (AvgIpc) is 2.81. The number of likely N-dealkylation sites (tertiary alicyclic amines) is 1. The monoisotopic (exact) mass is 335 g/mol. The van der Waals surface area contributed by atoms with Gasteiger partial charge in [-0.3, -0.25) is 4.79 Å². The molecule has 0 aliphatic carbocycles. The van der Waals surface area contributed by atoms with Crippen molar-refractivity contribution in [1.29, 1.82) is 0 Å². The second kappa shape index (κ2) is 6.67. The van der Waals surface area contributed by atoms with Crippen LogP contribution in [0.25, 0.3) is 0 Å². The molecule has 1 aromatic heterocycles. The van der Waals surface area contributed by atoms with Crippen LogP contribution in [0.2, 0.25) is 0 Å². The van der Waals surface area contributed by atoms with Crippen molar-refractivity contribution in [3.63, 3.8) is 0 Å². The average molecular weight is 335 g/mol.